The number of nitrogens with zero attached hydrogens (tertiary/aromatic N) is 3. The van der Waals surface area contributed by atoms with Gasteiger partial charge < -0.3 is 9.64 Å². The normalized spacial score (nSPS) is 20.4. The molecule has 0 radical (unpaired) electrons. The number of fused-ring (bicyclic) bond motifs is 3. The van der Waals surface area contributed by atoms with Crippen LogP contribution >= 0.6 is 0 Å². The minimum atomic E-state index is -2.98. The van der Waals surface area contributed by atoms with Crippen molar-refractivity contribution in [3.05, 3.63) is 28.7 Å². The summed E-state index contributed by atoms with van der Waals surface area (Å²) in [6.45, 7) is -1.20. The molecule has 0 amide bonds. The Balaban J connectivity index is 2.05. The molecule has 1 aliphatic carbocycles. The zero-order valence-corrected chi connectivity index (χ0v) is 12.1. The van der Waals surface area contributed by atoms with Crippen LogP contribution in [-0.4, -0.2) is 34.7 Å². The predicted octanol–water partition coefficient (Wildman–Crippen LogP) is 1.93. The van der Waals surface area contributed by atoms with E-state index in [2.05, 4.69) is 4.98 Å². The first-order chi connectivity index (χ1) is 10.5. The van der Waals surface area contributed by atoms with Gasteiger partial charge in [-0.2, -0.15) is 0 Å². The van der Waals surface area contributed by atoms with Crippen molar-refractivity contribution < 1.29 is 13.5 Å². The van der Waals surface area contributed by atoms with Gasteiger partial charge in [0.25, 0.3) is 11.5 Å². The smallest absolute Gasteiger partial charge is 0.298 e. The van der Waals surface area contributed by atoms with Gasteiger partial charge in [0.1, 0.15) is 5.65 Å². The Morgan fingerprint density at radius 3 is 2.91 bits per heavy atom. The van der Waals surface area contributed by atoms with E-state index in [1.807, 2.05) is 0 Å². The molecule has 0 bridgehead atoms. The average Bonchev–Trinajstić information content (AvgIpc) is 3.32. The van der Waals surface area contributed by atoms with Crippen LogP contribution in [0.2, 0.25) is 0 Å². The van der Waals surface area contributed by atoms with E-state index in [0.29, 0.717) is 16.7 Å². The molecule has 1 fully saturated rings. The van der Waals surface area contributed by atoms with Crippen molar-refractivity contribution in [3.63, 3.8) is 0 Å². The minimum absolute atomic E-state index is 0.00655. The van der Waals surface area contributed by atoms with Gasteiger partial charge in [0, 0.05) is 24.7 Å². The van der Waals surface area contributed by atoms with Crippen LogP contribution in [0.1, 0.15) is 12.8 Å². The maximum Gasteiger partial charge on any atom is 0.298 e. The highest BCUT2D eigenvalue weighted by atomic mass is 19.3. The number of pyridine rings is 2. The fourth-order valence-corrected chi connectivity index (χ4v) is 2.99. The molecule has 4 rings (SSSR count). The first kappa shape index (κ1) is 13.5. The number of halogens is 2. The second-order valence-corrected chi connectivity index (χ2v) is 5.92. The van der Waals surface area contributed by atoms with Gasteiger partial charge in [-0.3, -0.25) is 9.36 Å². The van der Waals surface area contributed by atoms with Gasteiger partial charge in [-0.15, -0.1) is 0 Å². The largest absolute Gasteiger partial charge is 0.480 e. The van der Waals surface area contributed by atoms with Crippen molar-refractivity contribution in [2.75, 3.05) is 18.1 Å². The van der Waals surface area contributed by atoms with Crippen molar-refractivity contribution in [1.29, 1.82) is 0 Å². The first-order valence-electron chi connectivity index (χ1n) is 7.23. The second kappa shape index (κ2) is 4.41. The number of hydrogen-bond donors (Lipinski definition) is 0. The van der Waals surface area contributed by atoms with E-state index in [1.54, 1.807) is 30.3 Å². The Morgan fingerprint density at radius 2 is 2.18 bits per heavy atom. The van der Waals surface area contributed by atoms with Crippen molar-refractivity contribution in [2.45, 2.75) is 24.8 Å². The van der Waals surface area contributed by atoms with Gasteiger partial charge in [0.2, 0.25) is 5.75 Å². The number of hydrogen-bond acceptors (Lipinski definition) is 4. The summed E-state index contributed by atoms with van der Waals surface area (Å²) < 4.78 is 34.6. The van der Waals surface area contributed by atoms with Crippen LogP contribution in [0.3, 0.4) is 0 Å². The monoisotopic (exact) mass is 307 g/mol. The molecule has 2 aromatic rings. The maximum absolute atomic E-state index is 14.0. The van der Waals surface area contributed by atoms with Crippen molar-refractivity contribution in [3.8, 4) is 5.75 Å². The first-order valence-corrected chi connectivity index (χ1v) is 7.23. The summed E-state index contributed by atoms with van der Waals surface area (Å²) in [5.74, 6) is -2.98. The molecule has 0 aromatic carbocycles. The highest BCUT2D eigenvalue weighted by Crippen LogP contribution is 2.43. The van der Waals surface area contributed by atoms with Crippen LogP contribution in [0.25, 0.3) is 11.0 Å². The molecule has 2 aromatic heterocycles. The van der Waals surface area contributed by atoms with E-state index in [9.17, 15) is 13.6 Å². The maximum atomic E-state index is 14.0. The van der Waals surface area contributed by atoms with Gasteiger partial charge >= 0.3 is 0 Å². The molecule has 22 heavy (non-hydrogen) atoms. The summed E-state index contributed by atoms with van der Waals surface area (Å²) in [6.07, 6.45) is 3.29. The molecule has 0 atom stereocenters. The van der Waals surface area contributed by atoms with E-state index in [4.69, 9.17) is 4.74 Å². The highest BCUT2D eigenvalue weighted by Gasteiger charge is 2.44. The third-order valence-electron chi connectivity index (χ3n) is 4.18. The van der Waals surface area contributed by atoms with Crippen LogP contribution in [0.15, 0.2) is 23.1 Å². The lowest BCUT2D eigenvalue weighted by molar-refractivity contribution is -0.0295. The number of aryl methyl sites for hydroxylation is 1. The Kier molecular flexibility index (Phi) is 2.70. The quantitative estimate of drug-likeness (QED) is 0.808. The summed E-state index contributed by atoms with van der Waals surface area (Å²) >= 11 is 0. The molecule has 0 saturated heterocycles. The lowest BCUT2D eigenvalue weighted by Gasteiger charge is -2.27. The van der Waals surface area contributed by atoms with E-state index in [-0.39, 0.29) is 11.8 Å². The molecule has 2 aliphatic rings. The van der Waals surface area contributed by atoms with E-state index >= 15 is 0 Å². The van der Waals surface area contributed by atoms with Gasteiger partial charge in [-0.25, -0.2) is 13.8 Å². The fourth-order valence-electron chi connectivity index (χ4n) is 2.99. The number of aromatic nitrogens is 2. The molecule has 0 unspecified atom stereocenters. The fraction of sp³-hybridized carbons (Fsp3) is 0.467. The van der Waals surface area contributed by atoms with Crippen LogP contribution in [0.5, 0.6) is 5.75 Å². The third-order valence-corrected chi connectivity index (χ3v) is 4.18. The van der Waals surface area contributed by atoms with Gasteiger partial charge in [-0.1, -0.05) is 0 Å². The van der Waals surface area contributed by atoms with Gasteiger partial charge in [-0.05, 0) is 25.0 Å². The van der Waals surface area contributed by atoms with Crippen LogP contribution in [0, 0.1) is 0 Å². The zero-order valence-electron chi connectivity index (χ0n) is 12.1. The van der Waals surface area contributed by atoms with Crippen molar-refractivity contribution in [2.24, 2.45) is 7.05 Å². The zero-order chi connectivity index (χ0) is 15.5. The minimum Gasteiger partial charge on any atom is -0.480 e. The lowest BCUT2D eigenvalue weighted by Crippen LogP contribution is -2.39. The molecule has 1 saturated carbocycles. The second-order valence-electron chi connectivity index (χ2n) is 5.92. The Hall–Kier alpha value is -2.18. The van der Waals surface area contributed by atoms with Gasteiger partial charge in [0.15, 0.2) is 6.61 Å². The number of rotatable bonds is 1. The Bertz CT molecular complexity index is 814. The van der Waals surface area contributed by atoms with Crippen molar-refractivity contribution >= 4 is 16.7 Å². The van der Waals surface area contributed by atoms with E-state index in [0.717, 1.165) is 12.8 Å². The molecule has 0 spiro atoms. The summed E-state index contributed by atoms with van der Waals surface area (Å²) in [6, 6.07) is 3.58. The molecular formula is C15H15F2N3O2. The Morgan fingerprint density at radius 1 is 1.41 bits per heavy atom. The number of ether oxygens (including phenoxy) is 1. The van der Waals surface area contributed by atoms with Crippen LogP contribution < -0.4 is 15.2 Å². The highest BCUT2D eigenvalue weighted by molar-refractivity contribution is 5.93. The molecule has 5 nitrogen and oxygen atoms in total. The average molecular weight is 307 g/mol. The SMILES string of the molecule is Cn1c(=O)c2c(c3cccnc31)N(C1CC1)CC(F)(F)CO2. The lowest BCUT2D eigenvalue weighted by atomic mass is 10.2. The third kappa shape index (κ3) is 1.95. The summed E-state index contributed by atoms with van der Waals surface area (Å²) in [5.41, 5.74) is 0.515. The molecule has 7 heteroatoms. The molecule has 0 N–H and O–H groups in total. The summed E-state index contributed by atoms with van der Waals surface area (Å²) in [5, 5.41) is 0.671. The molecule has 3 heterocycles. The topological polar surface area (TPSA) is 47.4 Å². The predicted molar refractivity (Wildman–Crippen MR) is 77.8 cm³/mol. The number of anilines is 1. The van der Waals surface area contributed by atoms with E-state index in [1.165, 1.54) is 4.57 Å². The number of alkyl halides is 2. The molecular weight excluding hydrogens is 292 g/mol. The van der Waals surface area contributed by atoms with E-state index < -0.39 is 24.6 Å². The summed E-state index contributed by atoms with van der Waals surface area (Å²) in [4.78, 5) is 18.4. The standard InChI is InChI=1S/C15H15F2N3O2/c1-19-13-10(3-2-6-18-13)11-12(14(19)21)22-8-15(16,17)7-20(11)9-4-5-9/h2-3,6,9H,4-5,7-8H2,1H3. The van der Waals surface area contributed by atoms with Crippen molar-refractivity contribution in [1.82, 2.24) is 9.55 Å². The molecule has 1 aliphatic heterocycles. The molecule has 116 valence electrons. The Labute approximate surface area is 125 Å². The summed E-state index contributed by atoms with van der Waals surface area (Å²) in [7, 11) is 1.58. The van der Waals surface area contributed by atoms with Gasteiger partial charge in [0.05, 0.1) is 12.2 Å². The van der Waals surface area contributed by atoms with Crippen LogP contribution in [0.4, 0.5) is 14.5 Å². The van der Waals surface area contributed by atoms with Crippen LogP contribution in [-0.2, 0) is 7.05 Å².